The maximum absolute atomic E-state index is 9.42. The Morgan fingerprint density at radius 3 is 2.67 bits per heavy atom. The zero-order valence-electron chi connectivity index (χ0n) is 10.9. The number of aryl methyl sites for hydroxylation is 1. The molecular weight excluding hydrogens is 352 g/mol. The third-order valence-electron chi connectivity index (χ3n) is 2.87. The van der Waals surface area contributed by atoms with Gasteiger partial charge in [-0.3, -0.25) is 0 Å². The number of halogens is 1. The molecule has 0 saturated heterocycles. The Hall–Kier alpha value is -2.11. The number of nitrogens with zero attached hydrogens (tertiary/aromatic N) is 5. The predicted octanol–water partition coefficient (Wildman–Crippen LogP) is 2.51. The van der Waals surface area contributed by atoms with Crippen LogP contribution in [0.1, 0.15) is 11.4 Å². The van der Waals surface area contributed by atoms with E-state index >= 15 is 0 Å². The van der Waals surface area contributed by atoms with Crippen LogP contribution in [0.5, 0.6) is 0 Å². The number of fused-ring (bicyclic) bond motifs is 1. The highest BCUT2D eigenvalue weighted by Gasteiger charge is 2.22. The number of hydrogen-bond acceptors (Lipinski definition) is 6. The SMILES string of the molecule is Cc1nnc2n1N=C(N)C(C#N)=C(c1ccc(Br)cc1)S2. The molecule has 104 valence electrons. The van der Waals surface area contributed by atoms with Gasteiger partial charge in [0.25, 0.3) is 0 Å². The molecule has 8 heteroatoms. The second-order valence-corrected chi connectivity index (χ2v) is 6.14. The van der Waals surface area contributed by atoms with E-state index in [0.717, 1.165) is 14.9 Å². The number of nitrogens with two attached hydrogens (primary N) is 1. The first-order valence-electron chi connectivity index (χ1n) is 5.95. The third-order valence-corrected chi connectivity index (χ3v) is 4.48. The van der Waals surface area contributed by atoms with Gasteiger partial charge < -0.3 is 5.73 Å². The minimum atomic E-state index is 0.157. The van der Waals surface area contributed by atoms with E-state index in [1.54, 1.807) is 11.6 Å². The fraction of sp³-hybridized carbons (Fsp3) is 0.0769. The Kier molecular flexibility index (Phi) is 3.53. The molecule has 1 aliphatic heterocycles. The van der Waals surface area contributed by atoms with Gasteiger partial charge in [-0.1, -0.05) is 28.1 Å². The molecule has 2 N–H and O–H groups in total. The first-order valence-corrected chi connectivity index (χ1v) is 7.56. The summed E-state index contributed by atoms with van der Waals surface area (Å²) in [5.74, 6) is 0.777. The fourth-order valence-corrected chi connectivity index (χ4v) is 3.14. The lowest BCUT2D eigenvalue weighted by molar-refractivity contribution is 0.742. The third kappa shape index (κ3) is 2.46. The summed E-state index contributed by atoms with van der Waals surface area (Å²) in [5.41, 5.74) is 7.18. The molecule has 0 saturated carbocycles. The van der Waals surface area contributed by atoms with E-state index in [2.05, 4.69) is 37.3 Å². The van der Waals surface area contributed by atoms with Crippen LogP contribution in [-0.2, 0) is 0 Å². The highest BCUT2D eigenvalue weighted by Crippen LogP contribution is 2.38. The lowest BCUT2D eigenvalue weighted by Crippen LogP contribution is -2.16. The lowest BCUT2D eigenvalue weighted by atomic mass is 10.1. The molecule has 0 unspecified atom stereocenters. The van der Waals surface area contributed by atoms with Crippen molar-refractivity contribution >= 4 is 38.4 Å². The maximum Gasteiger partial charge on any atom is 0.216 e. The standard InChI is InChI=1S/C13H9BrN6S/c1-7-17-18-13-20(7)19-12(16)10(6-15)11(21-13)8-2-4-9(14)5-3-8/h2-5H,1H3,(H2,16,19). The Labute approximate surface area is 133 Å². The largest absolute Gasteiger partial charge is 0.381 e. The molecule has 0 amide bonds. The fourth-order valence-electron chi connectivity index (χ4n) is 1.85. The first kappa shape index (κ1) is 13.9. The molecule has 0 aliphatic carbocycles. The molecule has 6 nitrogen and oxygen atoms in total. The van der Waals surface area contributed by atoms with Gasteiger partial charge >= 0.3 is 0 Å². The van der Waals surface area contributed by atoms with Crippen molar-refractivity contribution < 1.29 is 0 Å². The molecule has 0 fully saturated rings. The Morgan fingerprint density at radius 1 is 1.29 bits per heavy atom. The highest BCUT2D eigenvalue weighted by atomic mass is 79.9. The Balaban J connectivity index is 2.20. The minimum Gasteiger partial charge on any atom is -0.381 e. The van der Waals surface area contributed by atoms with E-state index in [-0.39, 0.29) is 5.84 Å². The van der Waals surface area contributed by atoms with Gasteiger partial charge in [-0.25, -0.2) is 0 Å². The molecule has 0 spiro atoms. The molecule has 21 heavy (non-hydrogen) atoms. The van der Waals surface area contributed by atoms with E-state index in [0.29, 0.717) is 16.6 Å². The average Bonchev–Trinajstić information content (AvgIpc) is 2.73. The van der Waals surface area contributed by atoms with Crippen molar-refractivity contribution in [1.29, 1.82) is 5.26 Å². The van der Waals surface area contributed by atoms with Crippen LogP contribution in [-0.4, -0.2) is 20.7 Å². The van der Waals surface area contributed by atoms with Crippen molar-refractivity contribution in [3.05, 3.63) is 45.7 Å². The monoisotopic (exact) mass is 360 g/mol. The summed E-state index contributed by atoms with van der Waals surface area (Å²) in [6, 6.07) is 9.77. The second-order valence-electron chi connectivity index (χ2n) is 4.25. The summed E-state index contributed by atoms with van der Waals surface area (Å²) >= 11 is 4.73. The number of amidine groups is 1. The van der Waals surface area contributed by atoms with Crippen LogP contribution in [0.4, 0.5) is 0 Å². The van der Waals surface area contributed by atoms with E-state index < -0.39 is 0 Å². The topological polar surface area (TPSA) is 92.9 Å². The van der Waals surface area contributed by atoms with Gasteiger partial charge in [-0.05, 0) is 36.4 Å². The number of nitriles is 1. The predicted molar refractivity (Wildman–Crippen MR) is 84.3 cm³/mol. The maximum atomic E-state index is 9.42. The van der Waals surface area contributed by atoms with Crippen molar-refractivity contribution in [2.24, 2.45) is 10.8 Å². The van der Waals surface area contributed by atoms with Crippen LogP contribution in [0.3, 0.4) is 0 Å². The molecule has 3 rings (SSSR count). The van der Waals surface area contributed by atoms with Gasteiger partial charge in [0.05, 0.1) is 0 Å². The van der Waals surface area contributed by atoms with Crippen molar-refractivity contribution in [3.8, 4) is 6.07 Å². The van der Waals surface area contributed by atoms with Gasteiger partial charge in [-0.15, -0.1) is 15.3 Å². The van der Waals surface area contributed by atoms with Crippen LogP contribution in [0.2, 0.25) is 0 Å². The van der Waals surface area contributed by atoms with Gasteiger partial charge in [0.15, 0.2) is 11.7 Å². The van der Waals surface area contributed by atoms with E-state index in [9.17, 15) is 5.26 Å². The zero-order valence-corrected chi connectivity index (χ0v) is 13.3. The first-order chi connectivity index (χ1) is 10.1. The summed E-state index contributed by atoms with van der Waals surface area (Å²) in [4.78, 5) is 0.720. The summed E-state index contributed by atoms with van der Waals surface area (Å²) in [6.45, 7) is 1.78. The van der Waals surface area contributed by atoms with Gasteiger partial charge in [0.1, 0.15) is 11.6 Å². The molecule has 2 aromatic rings. The molecule has 1 aromatic heterocycles. The second kappa shape index (κ2) is 5.35. The normalized spacial score (nSPS) is 14.2. The highest BCUT2D eigenvalue weighted by molar-refractivity contribution is 9.10. The van der Waals surface area contributed by atoms with Gasteiger partial charge in [0, 0.05) is 9.38 Å². The summed E-state index contributed by atoms with van der Waals surface area (Å²) in [5, 5.41) is 22.3. The molecule has 1 aliphatic rings. The Morgan fingerprint density at radius 2 is 2.00 bits per heavy atom. The van der Waals surface area contributed by atoms with Crippen LogP contribution in [0.25, 0.3) is 4.91 Å². The van der Waals surface area contributed by atoms with E-state index in [1.165, 1.54) is 11.8 Å². The quantitative estimate of drug-likeness (QED) is 0.843. The number of benzene rings is 1. The summed E-state index contributed by atoms with van der Waals surface area (Å²) < 4.78 is 2.51. The molecule has 0 radical (unpaired) electrons. The number of aromatic nitrogens is 3. The van der Waals surface area contributed by atoms with Crippen molar-refractivity contribution in [3.63, 3.8) is 0 Å². The molecular formula is C13H9BrN6S. The van der Waals surface area contributed by atoms with Gasteiger partial charge in [0.2, 0.25) is 5.16 Å². The Bertz CT molecular complexity index is 812. The zero-order chi connectivity index (χ0) is 15.0. The van der Waals surface area contributed by atoms with Crippen LogP contribution < -0.4 is 5.73 Å². The van der Waals surface area contributed by atoms with E-state index in [4.69, 9.17) is 5.73 Å². The molecule has 0 atom stereocenters. The van der Waals surface area contributed by atoms with Gasteiger partial charge in [-0.2, -0.15) is 9.94 Å². The van der Waals surface area contributed by atoms with Crippen molar-refractivity contribution in [2.45, 2.75) is 12.1 Å². The van der Waals surface area contributed by atoms with Crippen molar-refractivity contribution in [2.75, 3.05) is 0 Å². The summed E-state index contributed by atoms with van der Waals surface area (Å²) in [7, 11) is 0. The minimum absolute atomic E-state index is 0.157. The lowest BCUT2D eigenvalue weighted by Gasteiger charge is -2.06. The van der Waals surface area contributed by atoms with E-state index in [1.807, 2.05) is 24.3 Å². The van der Waals surface area contributed by atoms with Crippen LogP contribution in [0.15, 0.2) is 44.6 Å². The van der Waals surface area contributed by atoms with Crippen LogP contribution >= 0.6 is 27.7 Å². The smallest absolute Gasteiger partial charge is 0.216 e. The number of rotatable bonds is 1. The molecule has 1 aromatic carbocycles. The van der Waals surface area contributed by atoms with Crippen LogP contribution in [0, 0.1) is 18.3 Å². The average molecular weight is 361 g/mol. The summed E-state index contributed by atoms with van der Waals surface area (Å²) in [6.07, 6.45) is 0. The molecule has 2 heterocycles. The number of hydrogen-bond donors (Lipinski definition) is 1. The molecule has 0 bridgehead atoms. The van der Waals surface area contributed by atoms with Crippen molar-refractivity contribution in [1.82, 2.24) is 14.9 Å². The number of thioether (sulfide) groups is 1.